The predicted octanol–water partition coefficient (Wildman–Crippen LogP) is 0.302. The van der Waals surface area contributed by atoms with Crippen LogP contribution in [-0.4, -0.2) is 62.5 Å². The first kappa shape index (κ1) is 45.3. The summed E-state index contributed by atoms with van der Waals surface area (Å²) in [7, 11) is -5.50. The van der Waals surface area contributed by atoms with E-state index in [-0.39, 0.29) is 47.8 Å². The zero-order valence-electron chi connectivity index (χ0n) is 18.5. The molecule has 0 amide bonds. The third-order valence-electron chi connectivity index (χ3n) is 0.222. The first-order valence-corrected chi connectivity index (χ1v) is 8.34. The Labute approximate surface area is 193 Å². The SMILES string of the molecule is CC(C)C.CC(C)C.CC(C)C.CC(C)C.[O-]B([O-])OB([O-])[O-].[Sn+2].[Sn+2]. The average molecular weight is 572 g/mol. The van der Waals surface area contributed by atoms with Crippen LogP contribution in [0.5, 0.6) is 0 Å². The van der Waals surface area contributed by atoms with Gasteiger partial charge in [0.2, 0.25) is 0 Å². The van der Waals surface area contributed by atoms with E-state index in [9.17, 15) is 0 Å². The van der Waals surface area contributed by atoms with Gasteiger partial charge in [-0.1, -0.05) is 83.1 Å². The third kappa shape index (κ3) is 463. The Kier molecular flexibility index (Phi) is 66.1. The summed E-state index contributed by atoms with van der Waals surface area (Å²) in [6, 6.07) is 0. The molecule has 0 aliphatic carbocycles. The van der Waals surface area contributed by atoms with E-state index < -0.39 is 14.6 Å². The number of hydrogen-bond acceptors (Lipinski definition) is 5. The van der Waals surface area contributed by atoms with E-state index in [1.54, 1.807) is 0 Å². The van der Waals surface area contributed by atoms with Crippen LogP contribution >= 0.6 is 0 Å². The molecule has 0 aromatic rings. The van der Waals surface area contributed by atoms with Gasteiger partial charge in [0.05, 0.1) is 0 Å². The van der Waals surface area contributed by atoms with Crippen LogP contribution in [0.4, 0.5) is 0 Å². The quantitative estimate of drug-likeness (QED) is 0.444. The zero-order valence-corrected chi connectivity index (χ0v) is 24.2. The zero-order chi connectivity index (χ0) is 20.2. The summed E-state index contributed by atoms with van der Waals surface area (Å²) >= 11 is 0. The van der Waals surface area contributed by atoms with Crippen LogP contribution in [0, 0.1) is 23.7 Å². The first-order chi connectivity index (χ1) is 10.1. The predicted molar refractivity (Wildman–Crippen MR) is 106 cm³/mol. The Morgan fingerprint density at radius 1 is 0.440 bits per heavy atom. The van der Waals surface area contributed by atoms with E-state index >= 15 is 0 Å². The minimum atomic E-state index is -2.75. The molecule has 0 heterocycles. The fourth-order valence-corrected chi connectivity index (χ4v) is 0.0907. The number of rotatable bonds is 2. The molecule has 5 nitrogen and oxygen atoms in total. The van der Waals surface area contributed by atoms with Crippen LogP contribution < -0.4 is 20.1 Å². The van der Waals surface area contributed by atoms with Crippen LogP contribution in [0.3, 0.4) is 0 Å². The van der Waals surface area contributed by atoms with Gasteiger partial charge < -0.3 is 24.7 Å². The maximum absolute atomic E-state index is 9.16. The molecule has 0 N–H and O–H groups in total. The summed E-state index contributed by atoms with van der Waals surface area (Å²) in [5, 5.41) is 36.6. The van der Waals surface area contributed by atoms with Crippen molar-refractivity contribution in [2.24, 2.45) is 23.7 Å². The Morgan fingerprint density at radius 2 is 0.520 bits per heavy atom. The molecule has 4 radical (unpaired) electrons. The fraction of sp³-hybridized carbons (Fsp3) is 1.00. The van der Waals surface area contributed by atoms with Crippen LogP contribution in [0.1, 0.15) is 83.1 Å². The van der Waals surface area contributed by atoms with E-state index in [1.807, 2.05) is 0 Å². The van der Waals surface area contributed by atoms with Gasteiger partial charge in [0.25, 0.3) is 0 Å². The van der Waals surface area contributed by atoms with E-state index in [0.29, 0.717) is 0 Å². The van der Waals surface area contributed by atoms with Gasteiger partial charge in [0.15, 0.2) is 0 Å². The van der Waals surface area contributed by atoms with Crippen molar-refractivity contribution in [1.29, 1.82) is 0 Å². The molecule has 0 bridgehead atoms. The van der Waals surface area contributed by atoms with Crippen molar-refractivity contribution in [3.05, 3.63) is 0 Å². The smallest absolute Gasteiger partial charge is 0.872 e. The maximum Gasteiger partial charge on any atom is 2.00 e. The van der Waals surface area contributed by atoms with Crippen LogP contribution in [0.25, 0.3) is 0 Å². The molecule has 25 heavy (non-hydrogen) atoms. The van der Waals surface area contributed by atoms with Gasteiger partial charge >= 0.3 is 47.8 Å². The van der Waals surface area contributed by atoms with Crippen molar-refractivity contribution in [2.45, 2.75) is 83.1 Å². The molecule has 0 aliphatic rings. The summed E-state index contributed by atoms with van der Waals surface area (Å²) < 4.78 is 3.03. The molecule has 0 rings (SSSR count). The molecule has 0 atom stereocenters. The molecule has 0 aromatic carbocycles. The van der Waals surface area contributed by atoms with Crippen LogP contribution in [-0.2, 0) is 4.57 Å². The summed E-state index contributed by atoms with van der Waals surface area (Å²) in [5.74, 6) is 3.33. The Hall–Kier alpha value is 1.53. The summed E-state index contributed by atoms with van der Waals surface area (Å²) in [6.07, 6.45) is 0. The van der Waals surface area contributed by atoms with Crippen molar-refractivity contribution < 1.29 is 24.7 Å². The maximum atomic E-state index is 9.16. The monoisotopic (exact) mass is 574 g/mol. The second-order valence-electron chi connectivity index (χ2n) is 7.64. The number of hydrogen-bond donors (Lipinski definition) is 0. The standard InChI is InChI=1S/4C4H10.B2O5.2Sn/c4*1-4(2)3;3-1(4)7-2(5)6;;/h4*4H,1-3H3;;;/q;;;;-4;2*+2. The van der Waals surface area contributed by atoms with Gasteiger partial charge in [-0.25, -0.2) is 0 Å². The molecule has 0 aliphatic heterocycles. The molecule has 0 fully saturated rings. The molecule has 9 heteroatoms. The normalized spacial score (nSPS) is 8.16. The van der Waals surface area contributed by atoms with Gasteiger partial charge in [0, 0.05) is 14.6 Å². The summed E-state index contributed by atoms with van der Waals surface area (Å²) in [6.45, 7) is 26.0. The average Bonchev–Trinajstić information content (AvgIpc) is 2.09. The van der Waals surface area contributed by atoms with Crippen LogP contribution in [0.2, 0.25) is 0 Å². The molecule has 0 spiro atoms. The Balaban J connectivity index is -0.0000000326. The van der Waals surface area contributed by atoms with Crippen molar-refractivity contribution >= 4 is 62.5 Å². The summed E-state index contributed by atoms with van der Waals surface area (Å²) in [4.78, 5) is 0. The van der Waals surface area contributed by atoms with E-state index in [1.165, 1.54) is 0 Å². The van der Waals surface area contributed by atoms with Crippen molar-refractivity contribution in [3.63, 3.8) is 0 Å². The molecule has 148 valence electrons. The van der Waals surface area contributed by atoms with Gasteiger partial charge in [-0.15, -0.1) is 0 Å². The Morgan fingerprint density at radius 3 is 0.520 bits per heavy atom. The minimum absolute atomic E-state index is 0. The van der Waals surface area contributed by atoms with E-state index in [4.69, 9.17) is 20.1 Å². The van der Waals surface area contributed by atoms with Gasteiger partial charge in [-0.05, 0) is 23.7 Å². The van der Waals surface area contributed by atoms with Crippen molar-refractivity contribution in [1.82, 2.24) is 0 Å². The second-order valence-corrected chi connectivity index (χ2v) is 7.64. The third-order valence-corrected chi connectivity index (χ3v) is 0.222. The van der Waals surface area contributed by atoms with Gasteiger partial charge in [0.1, 0.15) is 0 Å². The Bertz CT molecular complexity index is 145. The van der Waals surface area contributed by atoms with Gasteiger partial charge in [-0.3, -0.25) is 0 Å². The molecule has 0 saturated carbocycles. The topological polar surface area (TPSA) is 101 Å². The van der Waals surface area contributed by atoms with Crippen molar-refractivity contribution in [3.8, 4) is 0 Å². The molecule has 0 aromatic heterocycles. The molecular weight excluding hydrogens is 531 g/mol. The van der Waals surface area contributed by atoms with E-state index in [2.05, 4.69) is 87.7 Å². The van der Waals surface area contributed by atoms with E-state index in [0.717, 1.165) is 23.7 Å². The minimum Gasteiger partial charge on any atom is -0.872 e. The summed E-state index contributed by atoms with van der Waals surface area (Å²) in [5.41, 5.74) is 0. The second kappa shape index (κ2) is 36.4. The first-order valence-electron chi connectivity index (χ1n) is 8.34. The molecular formula is C16H40B2O5Sn2. The molecule has 0 saturated heterocycles. The fourth-order valence-electron chi connectivity index (χ4n) is 0.0907. The molecule has 0 unspecified atom stereocenters. The van der Waals surface area contributed by atoms with Crippen LogP contribution in [0.15, 0.2) is 0 Å². The largest absolute Gasteiger partial charge is 2.00 e. The van der Waals surface area contributed by atoms with Crippen molar-refractivity contribution in [2.75, 3.05) is 0 Å². The van der Waals surface area contributed by atoms with Gasteiger partial charge in [-0.2, -0.15) is 0 Å².